The molecule has 344 valence electrons. The SMILES string of the molecule is CC1NC(=O)C(N(C)C(=O)C(CCN)NC(=O)N2CCC(c3ccc(C(C)(C)C)cc3)CC2)c2ccc(OCCN)c(c2)-c2cc(ccc2OCCN)CC(C(=O)NCC#N)NC1=O. The number of fused-ring (bicyclic) bond motifs is 5. The summed E-state index contributed by atoms with van der Waals surface area (Å²) >= 11 is 0. The summed E-state index contributed by atoms with van der Waals surface area (Å²) in [5, 5.41) is 20.0. The lowest BCUT2D eigenvalue weighted by Gasteiger charge is -2.35. The molecule has 5 rings (SSSR count). The highest BCUT2D eigenvalue weighted by molar-refractivity contribution is 5.96. The lowest BCUT2D eigenvalue weighted by atomic mass is 9.84. The molecule has 4 unspecified atom stereocenters. The Morgan fingerprint density at radius 2 is 1.48 bits per heavy atom. The van der Waals surface area contributed by atoms with Crippen LogP contribution in [0.5, 0.6) is 11.5 Å². The molecule has 0 aromatic heterocycles. The van der Waals surface area contributed by atoms with Crippen LogP contribution in [0.2, 0.25) is 0 Å². The second-order valence-corrected chi connectivity index (χ2v) is 17.3. The zero-order chi connectivity index (χ0) is 46.6. The molecule has 0 saturated carbocycles. The van der Waals surface area contributed by atoms with Crippen LogP contribution in [0.4, 0.5) is 4.79 Å². The van der Waals surface area contributed by atoms with Gasteiger partial charge in [-0.1, -0.05) is 57.2 Å². The van der Waals surface area contributed by atoms with Gasteiger partial charge in [-0.3, -0.25) is 19.2 Å². The van der Waals surface area contributed by atoms with Gasteiger partial charge < -0.3 is 57.7 Å². The van der Waals surface area contributed by atoms with Crippen molar-refractivity contribution in [3.05, 3.63) is 82.9 Å². The van der Waals surface area contributed by atoms with Gasteiger partial charge >= 0.3 is 6.03 Å². The first-order chi connectivity index (χ1) is 30.6. The molecule has 0 radical (unpaired) electrons. The van der Waals surface area contributed by atoms with E-state index < -0.39 is 53.8 Å². The van der Waals surface area contributed by atoms with Gasteiger partial charge in [0, 0.05) is 50.8 Å². The summed E-state index contributed by atoms with van der Waals surface area (Å²) in [6, 6.07) is 15.6. The number of piperidine rings is 1. The van der Waals surface area contributed by atoms with Crippen molar-refractivity contribution in [2.24, 2.45) is 17.2 Å². The highest BCUT2D eigenvalue weighted by atomic mass is 16.5. The number of urea groups is 1. The van der Waals surface area contributed by atoms with Gasteiger partial charge in [0.15, 0.2) is 0 Å². The number of carbonyl (C=O) groups is 5. The molecule has 4 bridgehead atoms. The van der Waals surface area contributed by atoms with Gasteiger partial charge in [0.25, 0.3) is 0 Å². The smallest absolute Gasteiger partial charge is 0.318 e. The molecule has 3 aromatic carbocycles. The predicted molar refractivity (Wildman–Crippen MR) is 243 cm³/mol. The summed E-state index contributed by atoms with van der Waals surface area (Å²) in [6.45, 7) is 9.49. The first kappa shape index (κ1) is 48.8. The predicted octanol–water partition coefficient (Wildman–Crippen LogP) is 2.32. The highest BCUT2D eigenvalue weighted by Gasteiger charge is 2.37. The van der Waals surface area contributed by atoms with Crippen molar-refractivity contribution in [2.45, 2.75) is 88.9 Å². The molecule has 6 amide bonds. The van der Waals surface area contributed by atoms with Crippen molar-refractivity contribution in [1.82, 2.24) is 31.1 Å². The van der Waals surface area contributed by atoms with E-state index in [-0.39, 0.29) is 63.6 Å². The first-order valence-electron chi connectivity index (χ1n) is 21.9. The summed E-state index contributed by atoms with van der Waals surface area (Å²) in [5.74, 6) is -1.48. The van der Waals surface area contributed by atoms with Crippen LogP contribution < -0.4 is 47.9 Å². The Kier molecular flexibility index (Phi) is 17.1. The van der Waals surface area contributed by atoms with Crippen LogP contribution in [0.25, 0.3) is 11.1 Å². The third-order valence-corrected chi connectivity index (χ3v) is 11.6. The number of ether oxygens (including phenoxy) is 2. The molecule has 1 saturated heterocycles. The number of hydrogen-bond acceptors (Lipinski definition) is 11. The summed E-state index contributed by atoms with van der Waals surface area (Å²) in [7, 11) is 1.46. The number of nitriles is 1. The number of nitrogens with one attached hydrogen (secondary N) is 4. The Balaban J connectivity index is 1.49. The molecule has 0 aliphatic carbocycles. The van der Waals surface area contributed by atoms with E-state index in [0.29, 0.717) is 46.8 Å². The molecule has 4 atom stereocenters. The Morgan fingerprint density at radius 3 is 2.08 bits per heavy atom. The Labute approximate surface area is 375 Å². The highest BCUT2D eigenvalue weighted by Crippen LogP contribution is 2.40. The molecule has 17 heteroatoms. The number of benzene rings is 3. The van der Waals surface area contributed by atoms with Crippen LogP contribution >= 0.6 is 0 Å². The van der Waals surface area contributed by atoms with E-state index in [4.69, 9.17) is 31.9 Å². The molecular formula is C47H64N10O7. The maximum absolute atomic E-state index is 14.6. The molecule has 2 aliphatic heterocycles. The average molecular weight is 881 g/mol. The number of hydrogen-bond donors (Lipinski definition) is 7. The fourth-order valence-corrected chi connectivity index (χ4v) is 8.04. The maximum Gasteiger partial charge on any atom is 0.318 e. The van der Waals surface area contributed by atoms with Gasteiger partial charge in [0.2, 0.25) is 23.6 Å². The maximum atomic E-state index is 14.6. The van der Waals surface area contributed by atoms with Crippen LogP contribution in [0.15, 0.2) is 60.7 Å². The van der Waals surface area contributed by atoms with Crippen molar-refractivity contribution < 1.29 is 33.4 Å². The monoisotopic (exact) mass is 880 g/mol. The summed E-state index contributed by atoms with van der Waals surface area (Å²) < 4.78 is 12.2. The molecule has 0 spiro atoms. The summed E-state index contributed by atoms with van der Waals surface area (Å²) in [4.78, 5) is 72.9. The van der Waals surface area contributed by atoms with E-state index in [1.165, 1.54) is 30.0 Å². The number of nitrogens with zero attached hydrogens (tertiary/aromatic N) is 3. The van der Waals surface area contributed by atoms with Crippen molar-refractivity contribution >= 4 is 29.7 Å². The second kappa shape index (κ2) is 22.4. The van der Waals surface area contributed by atoms with E-state index in [0.717, 1.165) is 12.8 Å². The topological polar surface area (TPSA) is 260 Å². The average Bonchev–Trinajstić information content (AvgIpc) is 3.28. The molecule has 10 N–H and O–H groups in total. The van der Waals surface area contributed by atoms with Crippen LogP contribution in [0.1, 0.15) is 81.2 Å². The normalized spacial score (nSPS) is 18.6. The van der Waals surface area contributed by atoms with Crippen molar-refractivity contribution in [1.29, 1.82) is 5.26 Å². The largest absolute Gasteiger partial charge is 0.492 e. The third kappa shape index (κ3) is 12.3. The lowest BCUT2D eigenvalue weighted by molar-refractivity contribution is -0.141. The Hall–Kier alpha value is -6.22. The molecule has 3 aromatic rings. The Bertz CT molecular complexity index is 2160. The number of amides is 6. The molecular weight excluding hydrogens is 817 g/mol. The standard InChI is InChI=1S/C47H64N10O7/c1-29-42(58)54-38(43(59)52-21-18-49)27-30-6-12-39(63-24-19-50)35(26-30)36-28-33(9-13-40(36)64-25-20-51)41(44(60)53-29)56(5)45(61)37(14-17-48)55-46(62)57-22-15-32(16-23-57)31-7-10-34(11-8-31)47(2,3)4/h6-13,26,28-29,32,37-38,41H,14-17,19-25,27,48,50-51H2,1-5H3,(H,52,59)(H,53,60)(H,54,58)(H,55,62). The second-order valence-electron chi connectivity index (χ2n) is 17.3. The quantitative estimate of drug-likeness (QED) is 0.116. The first-order valence-corrected chi connectivity index (χ1v) is 21.9. The fourth-order valence-electron chi connectivity index (χ4n) is 8.04. The Morgan fingerprint density at radius 1 is 0.875 bits per heavy atom. The van der Waals surface area contributed by atoms with Crippen LogP contribution in [0.3, 0.4) is 0 Å². The fraction of sp³-hybridized carbons (Fsp3) is 0.489. The van der Waals surface area contributed by atoms with Gasteiger partial charge in [0.1, 0.15) is 55.4 Å². The van der Waals surface area contributed by atoms with Crippen LogP contribution in [-0.4, -0.2) is 117 Å². The molecule has 2 aliphatic rings. The summed E-state index contributed by atoms with van der Waals surface area (Å²) in [5.41, 5.74) is 22.2. The molecule has 2 heterocycles. The van der Waals surface area contributed by atoms with Crippen molar-refractivity contribution in [3.8, 4) is 28.7 Å². The number of carbonyl (C=O) groups excluding carboxylic acids is 5. The van der Waals surface area contributed by atoms with Crippen LogP contribution in [0, 0.1) is 11.3 Å². The van der Waals surface area contributed by atoms with E-state index in [2.05, 4.69) is 66.3 Å². The molecule has 64 heavy (non-hydrogen) atoms. The lowest BCUT2D eigenvalue weighted by Crippen LogP contribution is -2.57. The summed E-state index contributed by atoms with van der Waals surface area (Å²) in [6.07, 6.45) is 1.61. The van der Waals surface area contributed by atoms with Crippen molar-refractivity contribution in [2.75, 3.05) is 59.5 Å². The number of likely N-dealkylation sites (N-methyl/N-ethyl adjacent to an activating group) is 1. The number of nitrogens with two attached hydrogens (primary N) is 3. The van der Waals surface area contributed by atoms with E-state index in [9.17, 15) is 24.0 Å². The van der Waals surface area contributed by atoms with Gasteiger partial charge in [-0.15, -0.1) is 0 Å². The van der Waals surface area contributed by atoms with E-state index in [1.807, 2.05) is 6.07 Å². The molecule has 17 nitrogen and oxygen atoms in total. The minimum absolute atomic E-state index is 0.0180. The van der Waals surface area contributed by atoms with E-state index in [1.54, 1.807) is 41.3 Å². The van der Waals surface area contributed by atoms with Gasteiger partial charge in [-0.2, -0.15) is 5.26 Å². The zero-order valence-corrected chi connectivity index (χ0v) is 37.6. The zero-order valence-electron chi connectivity index (χ0n) is 37.6. The van der Waals surface area contributed by atoms with Crippen LogP contribution in [-0.2, 0) is 31.0 Å². The number of likely N-dealkylation sites (tertiary alicyclic amines) is 1. The van der Waals surface area contributed by atoms with Gasteiger partial charge in [0.05, 0.1) is 6.07 Å². The van der Waals surface area contributed by atoms with Crippen molar-refractivity contribution in [3.63, 3.8) is 0 Å². The van der Waals surface area contributed by atoms with E-state index >= 15 is 0 Å². The number of rotatable bonds is 14. The third-order valence-electron chi connectivity index (χ3n) is 11.6. The van der Waals surface area contributed by atoms with Gasteiger partial charge in [-0.25, -0.2) is 4.79 Å². The minimum Gasteiger partial charge on any atom is -0.492 e. The van der Waals surface area contributed by atoms with Gasteiger partial charge in [-0.05, 0) is 90.6 Å². The minimum atomic E-state index is -1.35. The molecule has 1 fully saturated rings.